The molecule has 0 unspecified atom stereocenters. The normalized spacial score (nSPS) is 16.6. The number of ether oxygens (including phenoxy) is 1. The Morgan fingerprint density at radius 2 is 2.07 bits per heavy atom. The van der Waals surface area contributed by atoms with Crippen LogP contribution in [0.3, 0.4) is 0 Å². The number of esters is 1. The van der Waals surface area contributed by atoms with Crippen LogP contribution in [0.2, 0.25) is 0 Å². The van der Waals surface area contributed by atoms with Crippen LogP contribution in [0.15, 0.2) is 34.8 Å². The van der Waals surface area contributed by atoms with Crippen molar-refractivity contribution < 1.29 is 14.3 Å². The van der Waals surface area contributed by atoms with E-state index in [2.05, 4.69) is 28.2 Å². The summed E-state index contributed by atoms with van der Waals surface area (Å²) < 4.78 is 5.65. The van der Waals surface area contributed by atoms with E-state index in [1.807, 2.05) is 30.3 Å². The first-order chi connectivity index (χ1) is 13.0. The van der Waals surface area contributed by atoms with Gasteiger partial charge < -0.3 is 10.1 Å². The Hall–Kier alpha value is -1.92. The molecular formula is C21H22BrNO3S. The van der Waals surface area contributed by atoms with Crippen molar-refractivity contribution in [3.63, 3.8) is 0 Å². The lowest BCUT2D eigenvalue weighted by molar-refractivity contribution is -0.112. The topological polar surface area (TPSA) is 55.4 Å². The molecule has 1 aromatic carbocycles. The smallest absolute Gasteiger partial charge is 0.341 e. The lowest BCUT2D eigenvalue weighted by atomic mass is 9.88. The molecule has 142 valence electrons. The number of nitrogens with one attached hydrogen (secondary N) is 1. The SMILES string of the molecule is CCOC(=O)c1c(NC(=O)/C(Br)=C/c2ccccc2)sc2c1CC[C@@H](C)C2. The van der Waals surface area contributed by atoms with E-state index in [4.69, 9.17) is 4.74 Å². The monoisotopic (exact) mass is 447 g/mol. The molecule has 1 aliphatic rings. The van der Waals surface area contributed by atoms with Crippen molar-refractivity contribution in [3.8, 4) is 0 Å². The molecule has 0 fully saturated rings. The molecular weight excluding hydrogens is 426 g/mol. The van der Waals surface area contributed by atoms with Crippen molar-refractivity contribution in [2.45, 2.75) is 33.1 Å². The molecule has 0 radical (unpaired) electrons. The number of halogens is 1. The van der Waals surface area contributed by atoms with E-state index in [1.165, 1.54) is 16.2 Å². The Balaban J connectivity index is 1.88. The van der Waals surface area contributed by atoms with Gasteiger partial charge in [0, 0.05) is 4.88 Å². The Morgan fingerprint density at radius 1 is 1.33 bits per heavy atom. The molecule has 0 aliphatic heterocycles. The summed E-state index contributed by atoms with van der Waals surface area (Å²) in [6.45, 7) is 4.31. The van der Waals surface area contributed by atoms with Crippen LogP contribution in [0.4, 0.5) is 5.00 Å². The van der Waals surface area contributed by atoms with Gasteiger partial charge in [-0.05, 0) is 65.2 Å². The van der Waals surface area contributed by atoms with Crippen LogP contribution in [0.1, 0.15) is 46.6 Å². The number of benzene rings is 1. The number of hydrogen-bond acceptors (Lipinski definition) is 4. The van der Waals surface area contributed by atoms with Gasteiger partial charge in [0.05, 0.1) is 16.7 Å². The Labute approximate surface area is 171 Å². The zero-order chi connectivity index (χ0) is 19.4. The van der Waals surface area contributed by atoms with Crippen LogP contribution in [0, 0.1) is 5.92 Å². The first kappa shape index (κ1) is 19.8. The van der Waals surface area contributed by atoms with Crippen LogP contribution >= 0.6 is 27.3 Å². The molecule has 1 atom stereocenters. The van der Waals surface area contributed by atoms with Crippen LogP contribution < -0.4 is 5.32 Å². The summed E-state index contributed by atoms with van der Waals surface area (Å²) in [4.78, 5) is 26.4. The second kappa shape index (κ2) is 8.85. The highest BCUT2D eigenvalue weighted by Crippen LogP contribution is 2.40. The Bertz CT molecular complexity index is 873. The zero-order valence-electron chi connectivity index (χ0n) is 15.4. The third-order valence-electron chi connectivity index (χ3n) is 4.53. The van der Waals surface area contributed by atoms with Crippen molar-refractivity contribution in [1.29, 1.82) is 0 Å². The largest absolute Gasteiger partial charge is 0.462 e. The fourth-order valence-electron chi connectivity index (χ4n) is 3.18. The summed E-state index contributed by atoms with van der Waals surface area (Å²) in [6, 6.07) is 9.59. The van der Waals surface area contributed by atoms with Crippen LogP contribution in [-0.2, 0) is 22.4 Å². The molecule has 4 nitrogen and oxygen atoms in total. The van der Waals surface area contributed by atoms with E-state index in [1.54, 1.807) is 13.0 Å². The average Bonchev–Trinajstić information content (AvgIpc) is 2.99. The molecule has 1 N–H and O–H groups in total. The predicted molar refractivity (Wildman–Crippen MR) is 113 cm³/mol. The number of hydrogen-bond donors (Lipinski definition) is 1. The van der Waals surface area contributed by atoms with Crippen LogP contribution in [0.5, 0.6) is 0 Å². The summed E-state index contributed by atoms with van der Waals surface area (Å²) in [7, 11) is 0. The first-order valence-electron chi connectivity index (χ1n) is 9.04. The summed E-state index contributed by atoms with van der Waals surface area (Å²) in [5.74, 6) is -0.0569. The first-order valence-corrected chi connectivity index (χ1v) is 10.7. The fraction of sp³-hybridized carbons (Fsp3) is 0.333. The predicted octanol–water partition coefficient (Wildman–Crippen LogP) is 5.42. The number of carbonyl (C=O) groups excluding carboxylic acids is 2. The molecule has 0 saturated heterocycles. The van der Waals surface area contributed by atoms with E-state index in [0.29, 0.717) is 27.6 Å². The number of anilines is 1. The number of amides is 1. The molecule has 1 aromatic heterocycles. The molecule has 27 heavy (non-hydrogen) atoms. The van der Waals surface area contributed by atoms with E-state index < -0.39 is 0 Å². The average molecular weight is 448 g/mol. The van der Waals surface area contributed by atoms with Crippen LogP contribution in [0.25, 0.3) is 6.08 Å². The maximum Gasteiger partial charge on any atom is 0.341 e. The molecule has 1 heterocycles. The molecule has 6 heteroatoms. The van der Waals surface area contributed by atoms with E-state index >= 15 is 0 Å². The molecule has 0 saturated carbocycles. The molecule has 1 aliphatic carbocycles. The second-order valence-electron chi connectivity index (χ2n) is 6.63. The molecule has 0 bridgehead atoms. The highest BCUT2D eigenvalue weighted by Gasteiger charge is 2.29. The summed E-state index contributed by atoms with van der Waals surface area (Å²) in [6.07, 6.45) is 4.58. The fourth-order valence-corrected chi connectivity index (χ4v) is 4.94. The van der Waals surface area contributed by atoms with E-state index in [0.717, 1.165) is 30.4 Å². The minimum absolute atomic E-state index is 0.281. The van der Waals surface area contributed by atoms with Gasteiger partial charge in [-0.3, -0.25) is 4.79 Å². The molecule has 2 aromatic rings. The van der Waals surface area contributed by atoms with Gasteiger partial charge in [-0.25, -0.2) is 4.79 Å². The van der Waals surface area contributed by atoms with Gasteiger partial charge >= 0.3 is 5.97 Å². The summed E-state index contributed by atoms with van der Waals surface area (Å²) >= 11 is 4.84. The van der Waals surface area contributed by atoms with Crippen molar-refractivity contribution in [2.24, 2.45) is 5.92 Å². The van der Waals surface area contributed by atoms with Crippen LogP contribution in [-0.4, -0.2) is 18.5 Å². The number of carbonyl (C=O) groups is 2. The number of rotatable bonds is 5. The Morgan fingerprint density at radius 3 is 2.78 bits per heavy atom. The van der Waals surface area contributed by atoms with Gasteiger partial charge in [0.15, 0.2) is 0 Å². The van der Waals surface area contributed by atoms with Gasteiger partial charge in [0.1, 0.15) is 5.00 Å². The lowest BCUT2D eigenvalue weighted by Crippen LogP contribution is -2.16. The van der Waals surface area contributed by atoms with Gasteiger partial charge in [0.2, 0.25) is 0 Å². The van der Waals surface area contributed by atoms with Crippen molar-refractivity contribution >= 4 is 50.2 Å². The van der Waals surface area contributed by atoms with E-state index in [9.17, 15) is 9.59 Å². The van der Waals surface area contributed by atoms with E-state index in [-0.39, 0.29) is 11.9 Å². The summed E-state index contributed by atoms with van der Waals surface area (Å²) in [5.41, 5.74) is 2.48. The third-order valence-corrected chi connectivity index (χ3v) is 6.29. The highest BCUT2D eigenvalue weighted by atomic mass is 79.9. The third kappa shape index (κ3) is 4.68. The second-order valence-corrected chi connectivity index (χ2v) is 8.59. The lowest BCUT2D eigenvalue weighted by Gasteiger charge is -2.18. The van der Waals surface area contributed by atoms with Gasteiger partial charge in [0.25, 0.3) is 5.91 Å². The van der Waals surface area contributed by atoms with Crippen molar-refractivity contribution in [3.05, 3.63) is 56.4 Å². The van der Waals surface area contributed by atoms with Gasteiger partial charge in [-0.2, -0.15) is 0 Å². The minimum atomic E-state index is -0.358. The summed E-state index contributed by atoms with van der Waals surface area (Å²) in [5, 5.41) is 3.49. The molecule has 3 rings (SSSR count). The van der Waals surface area contributed by atoms with Gasteiger partial charge in [-0.15, -0.1) is 11.3 Å². The number of fused-ring (bicyclic) bond motifs is 1. The van der Waals surface area contributed by atoms with Crippen molar-refractivity contribution in [1.82, 2.24) is 0 Å². The molecule has 1 amide bonds. The van der Waals surface area contributed by atoms with Gasteiger partial charge in [-0.1, -0.05) is 37.3 Å². The Kier molecular flexibility index (Phi) is 6.50. The standard InChI is InChI=1S/C21H22BrNO3S/c1-3-26-21(25)18-15-10-9-13(2)11-17(15)27-20(18)23-19(24)16(22)12-14-7-5-4-6-8-14/h4-8,12-13H,3,9-11H2,1-2H3,(H,23,24)/b16-12-/t13-/m1/s1. The zero-order valence-corrected chi connectivity index (χ0v) is 17.8. The maximum atomic E-state index is 12.7. The quantitative estimate of drug-likeness (QED) is 0.491. The minimum Gasteiger partial charge on any atom is -0.462 e. The van der Waals surface area contributed by atoms with Crippen molar-refractivity contribution in [2.75, 3.05) is 11.9 Å². The highest BCUT2D eigenvalue weighted by molar-refractivity contribution is 9.12. The number of thiophene rings is 1. The molecule has 0 spiro atoms. The maximum absolute atomic E-state index is 12.7.